The maximum Gasteiger partial charge on any atom is 0.0715 e. The molecule has 0 heterocycles. The van der Waals surface area contributed by atoms with Gasteiger partial charge >= 0.3 is 0 Å². The summed E-state index contributed by atoms with van der Waals surface area (Å²) in [6, 6.07) is 51.7. The lowest BCUT2D eigenvalue weighted by atomic mass is 9.91. The number of benzene rings is 7. The molecule has 0 fully saturated rings. The van der Waals surface area contributed by atoms with E-state index in [1.807, 2.05) is 30.4 Å². The first-order valence-electron chi connectivity index (χ1n) is 14.9. The average Bonchev–Trinajstić information content (AvgIpc) is 3.10. The van der Waals surface area contributed by atoms with Crippen LogP contribution in [0.1, 0.15) is 11.1 Å². The molecule has 7 rings (SSSR count). The van der Waals surface area contributed by atoms with Gasteiger partial charge in [0, 0.05) is 11.1 Å². The van der Waals surface area contributed by atoms with Crippen LogP contribution in [0.15, 0.2) is 182 Å². The first-order valence-corrected chi connectivity index (χ1v) is 14.9. The molecule has 0 spiro atoms. The van der Waals surface area contributed by atoms with Gasteiger partial charge < -0.3 is 0 Å². The molecule has 1 nitrogen and oxygen atoms in total. The lowest BCUT2D eigenvalue weighted by Gasteiger charge is -2.14. The van der Waals surface area contributed by atoms with Crippen molar-refractivity contribution in [1.29, 1.82) is 0 Å². The van der Waals surface area contributed by atoms with Crippen LogP contribution >= 0.6 is 0 Å². The van der Waals surface area contributed by atoms with Crippen LogP contribution in [0.2, 0.25) is 0 Å². The van der Waals surface area contributed by atoms with Gasteiger partial charge in [-0.15, -0.1) is 0 Å². The van der Waals surface area contributed by atoms with E-state index in [4.69, 9.17) is 4.99 Å². The van der Waals surface area contributed by atoms with Gasteiger partial charge in [0.05, 0.1) is 11.4 Å². The molecule has 7 aromatic carbocycles. The SMILES string of the molecule is C=C/C=C(\N=C(C=C)c1ccccc1)c1ccccc1-c1cccc(-c2ccc3c4ccccc4c4ccccc4c3c2)c1. The Kier molecular flexibility index (Phi) is 7.28. The van der Waals surface area contributed by atoms with Crippen molar-refractivity contribution in [2.24, 2.45) is 4.99 Å². The summed E-state index contributed by atoms with van der Waals surface area (Å²) in [5.74, 6) is 0. The first-order chi connectivity index (χ1) is 21.7. The van der Waals surface area contributed by atoms with Gasteiger partial charge in [0.15, 0.2) is 0 Å². The molecular formula is C43H31N. The Hall–Kier alpha value is -5.79. The molecule has 1 heteroatoms. The highest BCUT2D eigenvalue weighted by atomic mass is 14.8. The topological polar surface area (TPSA) is 12.4 Å². The first kappa shape index (κ1) is 27.1. The maximum absolute atomic E-state index is 5.07. The van der Waals surface area contributed by atoms with Crippen molar-refractivity contribution in [3.05, 3.63) is 188 Å². The van der Waals surface area contributed by atoms with Crippen LogP contribution in [0.4, 0.5) is 0 Å². The number of hydrogen-bond acceptors (Lipinski definition) is 1. The Bertz CT molecular complexity index is 2210. The Labute approximate surface area is 258 Å². The van der Waals surface area contributed by atoms with Gasteiger partial charge in [-0.1, -0.05) is 153 Å². The molecule has 0 saturated carbocycles. The summed E-state index contributed by atoms with van der Waals surface area (Å²) < 4.78 is 0. The van der Waals surface area contributed by atoms with Gasteiger partial charge in [-0.2, -0.15) is 0 Å². The highest BCUT2D eigenvalue weighted by Gasteiger charge is 2.13. The molecule has 7 aromatic rings. The quantitative estimate of drug-likeness (QED) is 0.104. The summed E-state index contributed by atoms with van der Waals surface area (Å²) in [5.41, 5.74) is 8.32. The van der Waals surface area contributed by atoms with Gasteiger partial charge in [-0.05, 0) is 78.9 Å². The van der Waals surface area contributed by atoms with E-state index >= 15 is 0 Å². The number of aliphatic imine (C=N–C) groups is 1. The van der Waals surface area contributed by atoms with E-state index in [-0.39, 0.29) is 0 Å². The fourth-order valence-electron chi connectivity index (χ4n) is 6.18. The summed E-state index contributed by atoms with van der Waals surface area (Å²) in [7, 11) is 0. The van der Waals surface area contributed by atoms with Crippen molar-refractivity contribution in [2.75, 3.05) is 0 Å². The zero-order valence-electron chi connectivity index (χ0n) is 24.4. The third-order valence-electron chi connectivity index (χ3n) is 8.23. The Morgan fingerprint density at radius 2 is 1.05 bits per heavy atom. The summed E-state index contributed by atoms with van der Waals surface area (Å²) in [6.07, 6.45) is 5.57. The zero-order chi connectivity index (χ0) is 29.9. The molecule has 0 radical (unpaired) electrons. The van der Waals surface area contributed by atoms with E-state index in [0.717, 1.165) is 33.7 Å². The fourth-order valence-corrected chi connectivity index (χ4v) is 6.18. The highest BCUT2D eigenvalue weighted by Crippen LogP contribution is 2.38. The molecular weight excluding hydrogens is 530 g/mol. The van der Waals surface area contributed by atoms with Crippen molar-refractivity contribution >= 4 is 43.7 Å². The van der Waals surface area contributed by atoms with E-state index in [9.17, 15) is 0 Å². The maximum atomic E-state index is 5.07. The van der Waals surface area contributed by atoms with E-state index in [1.54, 1.807) is 6.08 Å². The largest absolute Gasteiger partial charge is 0.248 e. The van der Waals surface area contributed by atoms with Gasteiger partial charge in [-0.25, -0.2) is 4.99 Å². The van der Waals surface area contributed by atoms with Gasteiger partial charge in [0.25, 0.3) is 0 Å². The molecule has 0 aliphatic heterocycles. The highest BCUT2D eigenvalue weighted by molar-refractivity contribution is 6.25. The monoisotopic (exact) mass is 561 g/mol. The van der Waals surface area contributed by atoms with Crippen molar-refractivity contribution < 1.29 is 0 Å². The van der Waals surface area contributed by atoms with Crippen LogP contribution in [0.3, 0.4) is 0 Å². The van der Waals surface area contributed by atoms with Crippen molar-refractivity contribution in [3.8, 4) is 22.3 Å². The molecule has 0 aliphatic carbocycles. The summed E-state index contributed by atoms with van der Waals surface area (Å²) in [5, 5.41) is 7.68. The third-order valence-corrected chi connectivity index (χ3v) is 8.23. The number of nitrogens with zero attached hydrogens (tertiary/aromatic N) is 1. The minimum atomic E-state index is 0.818. The molecule has 0 N–H and O–H groups in total. The lowest BCUT2D eigenvalue weighted by Crippen LogP contribution is -1.98. The molecule has 0 bridgehead atoms. The van der Waals surface area contributed by atoms with Crippen molar-refractivity contribution in [2.45, 2.75) is 0 Å². The number of allylic oxidation sites excluding steroid dienone is 3. The Balaban J connectivity index is 1.36. The summed E-state index contributed by atoms with van der Waals surface area (Å²) in [4.78, 5) is 5.07. The molecule has 44 heavy (non-hydrogen) atoms. The fraction of sp³-hybridized carbons (Fsp3) is 0. The van der Waals surface area contributed by atoms with Gasteiger partial charge in [0.2, 0.25) is 0 Å². The minimum absolute atomic E-state index is 0.818. The average molecular weight is 562 g/mol. The number of fused-ring (bicyclic) bond motifs is 6. The smallest absolute Gasteiger partial charge is 0.0715 e. The number of rotatable bonds is 7. The van der Waals surface area contributed by atoms with E-state index in [0.29, 0.717) is 0 Å². The molecule has 0 aromatic heterocycles. The van der Waals surface area contributed by atoms with E-state index in [1.165, 1.54) is 43.4 Å². The van der Waals surface area contributed by atoms with Gasteiger partial charge in [-0.3, -0.25) is 0 Å². The van der Waals surface area contributed by atoms with Crippen LogP contribution < -0.4 is 0 Å². The second-order valence-corrected chi connectivity index (χ2v) is 10.8. The van der Waals surface area contributed by atoms with Crippen LogP contribution in [0.25, 0.3) is 60.3 Å². The van der Waals surface area contributed by atoms with Crippen LogP contribution in [0, 0.1) is 0 Å². The van der Waals surface area contributed by atoms with Crippen molar-refractivity contribution in [1.82, 2.24) is 0 Å². The lowest BCUT2D eigenvalue weighted by molar-refractivity contribution is 1.48. The number of hydrogen-bond donors (Lipinski definition) is 0. The third kappa shape index (κ3) is 4.95. The second-order valence-electron chi connectivity index (χ2n) is 10.8. The van der Waals surface area contributed by atoms with Crippen LogP contribution in [-0.4, -0.2) is 5.71 Å². The van der Waals surface area contributed by atoms with Crippen molar-refractivity contribution in [3.63, 3.8) is 0 Å². The normalized spacial score (nSPS) is 12.1. The molecule has 0 atom stereocenters. The minimum Gasteiger partial charge on any atom is -0.248 e. The van der Waals surface area contributed by atoms with E-state index in [2.05, 4.69) is 141 Å². The second kappa shape index (κ2) is 11.8. The predicted octanol–water partition coefficient (Wildman–Crippen LogP) is 11.7. The summed E-state index contributed by atoms with van der Waals surface area (Å²) >= 11 is 0. The molecule has 0 saturated heterocycles. The molecule has 0 aliphatic rings. The summed E-state index contributed by atoms with van der Waals surface area (Å²) in [6.45, 7) is 8.03. The molecule has 0 unspecified atom stereocenters. The van der Waals surface area contributed by atoms with Crippen LogP contribution in [-0.2, 0) is 0 Å². The zero-order valence-corrected chi connectivity index (χ0v) is 24.4. The molecule has 0 amide bonds. The van der Waals surface area contributed by atoms with Crippen LogP contribution in [0.5, 0.6) is 0 Å². The van der Waals surface area contributed by atoms with E-state index < -0.39 is 0 Å². The Morgan fingerprint density at radius 1 is 0.477 bits per heavy atom. The molecule has 208 valence electrons. The Morgan fingerprint density at radius 3 is 1.73 bits per heavy atom. The standard InChI is InChI=1S/C43H31N/c1-3-15-43(44-42(4-2)30-16-6-5-7-17-30)40-25-13-8-20-34(40)33-19-14-18-31(28-33)32-26-27-39-37-23-10-9-21-35(37)36-22-11-12-24-38(36)41(39)29-32/h3-29H,1-2H2/b43-15-,44-42?. The van der Waals surface area contributed by atoms with Gasteiger partial charge in [0.1, 0.15) is 0 Å². The predicted molar refractivity (Wildman–Crippen MR) is 191 cm³/mol.